The highest BCUT2D eigenvalue weighted by molar-refractivity contribution is 6.02. The minimum atomic E-state index is -0.176. The summed E-state index contributed by atoms with van der Waals surface area (Å²) in [6.07, 6.45) is 11.2. The predicted molar refractivity (Wildman–Crippen MR) is 134 cm³/mol. The number of rotatable bonds is 3. The average Bonchev–Trinajstić information content (AvgIpc) is 3.08. The minimum Gasteiger partial charge on any atom is -0.398 e. The van der Waals surface area contributed by atoms with Crippen LogP contribution < -0.4 is 11.1 Å². The Kier molecular flexibility index (Phi) is 5.55. The lowest BCUT2D eigenvalue weighted by Gasteiger charge is -2.33. The highest BCUT2D eigenvalue weighted by atomic mass is 16.2. The lowest BCUT2D eigenvalue weighted by molar-refractivity contribution is -0.126. The maximum Gasteiger partial charge on any atom is 0.249 e. The van der Waals surface area contributed by atoms with E-state index in [4.69, 9.17) is 5.73 Å². The zero-order valence-electron chi connectivity index (χ0n) is 19.6. The third kappa shape index (κ3) is 4.25. The number of anilines is 2. The number of pyridine rings is 2. The topological polar surface area (TPSA) is 101 Å². The van der Waals surface area contributed by atoms with Gasteiger partial charge in [-0.2, -0.15) is 0 Å². The molecule has 0 radical (unpaired) electrons. The van der Waals surface area contributed by atoms with Crippen molar-refractivity contribution in [3.63, 3.8) is 0 Å². The van der Waals surface area contributed by atoms with Crippen LogP contribution in [0.2, 0.25) is 0 Å². The number of carbonyl (C=O) groups excluding carboxylic acids is 2. The van der Waals surface area contributed by atoms with E-state index in [1.165, 1.54) is 0 Å². The molecule has 1 aliphatic carbocycles. The van der Waals surface area contributed by atoms with Gasteiger partial charge in [-0.3, -0.25) is 14.6 Å². The van der Waals surface area contributed by atoms with E-state index in [2.05, 4.69) is 15.3 Å². The van der Waals surface area contributed by atoms with Crippen molar-refractivity contribution in [1.29, 1.82) is 0 Å². The van der Waals surface area contributed by atoms with Gasteiger partial charge in [0.2, 0.25) is 11.8 Å². The third-order valence-corrected chi connectivity index (χ3v) is 7.28. The molecule has 1 saturated carbocycles. The van der Waals surface area contributed by atoms with Crippen molar-refractivity contribution in [2.24, 2.45) is 5.41 Å². The Labute approximate surface area is 199 Å². The van der Waals surface area contributed by atoms with Crippen molar-refractivity contribution < 1.29 is 9.59 Å². The first-order valence-electron chi connectivity index (χ1n) is 11.7. The SMILES string of the molecule is Cc1ccncc1-c1cc(N)c2cnc(NC(=O)C=C3CCC4(CC3)CC(=O)N(C)C4)cc2c1. The van der Waals surface area contributed by atoms with Crippen LogP contribution in [0.3, 0.4) is 0 Å². The van der Waals surface area contributed by atoms with Crippen LogP contribution in [0.4, 0.5) is 11.5 Å². The molecule has 2 fully saturated rings. The number of nitrogen functional groups attached to an aromatic ring is 1. The Morgan fingerprint density at radius 1 is 1.21 bits per heavy atom. The molecule has 174 valence electrons. The number of fused-ring (bicyclic) bond motifs is 1. The Hall–Kier alpha value is -3.74. The second-order valence-corrected chi connectivity index (χ2v) is 9.77. The summed E-state index contributed by atoms with van der Waals surface area (Å²) < 4.78 is 0. The minimum absolute atomic E-state index is 0.0871. The van der Waals surface area contributed by atoms with Crippen LogP contribution in [0.15, 0.2) is 54.5 Å². The van der Waals surface area contributed by atoms with Gasteiger partial charge in [0.25, 0.3) is 0 Å². The van der Waals surface area contributed by atoms with Gasteiger partial charge in [-0.1, -0.05) is 5.57 Å². The highest BCUT2D eigenvalue weighted by Gasteiger charge is 2.42. The van der Waals surface area contributed by atoms with Crippen molar-refractivity contribution in [1.82, 2.24) is 14.9 Å². The molecule has 34 heavy (non-hydrogen) atoms. The van der Waals surface area contributed by atoms with Crippen LogP contribution in [0.5, 0.6) is 0 Å². The number of nitrogens with one attached hydrogen (secondary N) is 1. The number of hydrogen-bond donors (Lipinski definition) is 2. The molecule has 3 N–H and O–H groups in total. The van der Waals surface area contributed by atoms with Crippen molar-refractivity contribution >= 4 is 34.1 Å². The fourth-order valence-corrected chi connectivity index (χ4v) is 5.31. The number of nitrogens with two attached hydrogens (primary N) is 1. The molecule has 5 rings (SSSR count). The fraction of sp³-hybridized carbons (Fsp3) is 0.333. The fourth-order valence-electron chi connectivity index (χ4n) is 5.31. The van der Waals surface area contributed by atoms with Crippen LogP contribution in [-0.2, 0) is 9.59 Å². The lowest BCUT2D eigenvalue weighted by atomic mass is 9.72. The van der Waals surface area contributed by atoms with Gasteiger partial charge in [0, 0.05) is 61.3 Å². The largest absolute Gasteiger partial charge is 0.398 e. The molecular weight excluding hydrogens is 426 g/mol. The molecule has 1 aliphatic heterocycles. The first-order chi connectivity index (χ1) is 16.3. The molecule has 0 unspecified atom stereocenters. The Morgan fingerprint density at radius 3 is 2.71 bits per heavy atom. The summed E-state index contributed by atoms with van der Waals surface area (Å²) >= 11 is 0. The standard InChI is InChI=1S/C27H29N5O2/c1-17-5-8-29-14-21(17)19-10-20-12-24(30-15-22(20)23(28)11-19)31-25(33)9-18-3-6-27(7-4-18)13-26(34)32(2)16-27/h5,8-12,14-15H,3-4,6-7,13,16,28H2,1-2H3,(H,30,31,33). The van der Waals surface area contributed by atoms with Crippen LogP contribution in [0.1, 0.15) is 37.7 Å². The molecule has 1 spiro atoms. The first kappa shape index (κ1) is 22.1. The van der Waals surface area contributed by atoms with E-state index in [9.17, 15) is 9.59 Å². The maximum atomic E-state index is 12.7. The second kappa shape index (κ2) is 8.56. The van der Waals surface area contributed by atoms with E-state index in [1.807, 2.05) is 49.3 Å². The number of allylic oxidation sites excluding steroid dienone is 1. The Bertz CT molecular complexity index is 1320. The summed E-state index contributed by atoms with van der Waals surface area (Å²) in [7, 11) is 1.88. The van der Waals surface area contributed by atoms with E-state index in [1.54, 1.807) is 18.5 Å². The molecule has 2 aliphatic rings. The summed E-state index contributed by atoms with van der Waals surface area (Å²) in [5, 5.41) is 4.66. The lowest BCUT2D eigenvalue weighted by Crippen LogP contribution is -2.28. The van der Waals surface area contributed by atoms with Gasteiger partial charge in [0.05, 0.1) is 0 Å². The summed E-state index contributed by atoms with van der Waals surface area (Å²) in [5.74, 6) is 0.545. The first-order valence-corrected chi connectivity index (χ1v) is 11.7. The number of nitrogens with zero attached hydrogens (tertiary/aromatic N) is 3. The molecule has 3 aromatic rings. The average molecular weight is 456 g/mol. The zero-order chi connectivity index (χ0) is 23.9. The van der Waals surface area contributed by atoms with Crippen LogP contribution in [0.25, 0.3) is 21.9 Å². The monoisotopic (exact) mass is 455 g/mol. The van der Waals surface area contributed by atoms with E-state index in [0.717, 1.165) is 65.3 Å². The normalized spacial score (nSPS) is 20.2. The van der Waals surface area contributed by atoms with Crippen LogP contribution in [0, 0.1) is 12.3 Å². The van der Waals surface area contributed by atoms with Gasteiger partial charge in [-0.15, -0.1) is 0 Å². The molecule has 1 saturated heterocycles. The summed E-state index contributed by atoms with van der Waals surface area (Å²) in [5.41, 5.74) is 11.3. The molecule has 2 aromatic heterocycles. The van der Waals surface area contributed by atoms with Gasteiger partial charge in [0.1, 0.15) is 5.82 Å². The van der Waals surface area contributed by atoms with Gasteiger partial charge >= 0.3 is 0 Å². The second-order valence-electron chi connectivity index (χ2n) is 9.77. The van der Waals surface area contributed by atoms with Crippen molar-refractivity contribution in [2.75, 3.05) is 24.6 Å². The van der Waals surface area contributed by atoms with Gasteiger partial charge < -0.3 is 16.0 Å². The summed E-state index contributed by atoms with van der Waals surface area (Å²) in [6, 6.07) is 7.80. The maximum absolute atomic E-state index is 12.7. The van der Waals surface area contributed by atoms with E-state index in [0.29, 0.717) is 17.9 Å². The van der Waals surface area contributed by atoms with Gasteiger partial charge in [-0.05, 0) is 78.8 Å². The smallest absolute Gasteiger partial charge is 0.249 e. The van der Waals surface area contributed by atoms with E-state index >= 15 is 0 Å². The number of carbonyl (C=O) groups is 2. The van der Waals surface area contributed by atoms with E-state index in [-0.39, 0.29) is 17.2 Å². The summed E-state index contributed by atoms with van der Waals surface area (Å²) in [6.45, 7) is 2.87. The van der Waals surface area contributed by atoms with Crippen molar-refractivity contribution in [3.8, 4) is 11.1 Å². The number of aromatic nitrogens is 2. The van der Waals surface area contributed by atoms with E-state index < -0.39 is 0 Å². The summed E-state index contributed by atoms with van der Waals surface area (Å²) in [4.78, 5) is 35.2. The number of amides is 2. The zero-order valence-corrected chi connectivity index (χ0v) is 19.6. The third-order valence-electron chi connectivity index (χ3n) is 7.28. The van der Waals surface area contributed by atoms with Gasteiger partial charge in [-0.25, -0.2) is 4.98 Å². The quantitative estimate of drug-likeness (QED) is 0.448. The number of hydrogen-bond acceptors (Lipinski definition) is 5. The number of likely N-dealkylation sites (tertiary alicyclic amines) is 1. The van der Waals surface area contributed by atoms with Crippen molar-refractivity contribution in [3.05, 3.63) is 60.1 Å². The Morgan fingerprint density at radius 2 is 2.00 bits per heavy atom. The molecule has 1 aromatic carbocycles. The number of benzene rings is 1. The van der Waals surface area contributed by atoms with Crippen molar-refractivity contribution in [2.45, 2.75) is 39.0 Å². The molecule has 3 heterocycles. The van der Waals surface area contributed by atoms with Gasteiger partial charge in [0.15, 0.2) is 0 Å². The molecular formula is C27H29N5O2. The Balaban J connectivity index is 1.31. The molecule has 0 bridgehead atoms. The van der Waals surface area contributed by atoms with Crippen LogP contribution in [-0.4, -0.2) is 40.3 Å². The molecule has 7 heteroatoms. The van der Waals surface area contributed by atoms with Crippen LogP contribution >= 0.6 is 0 Å². The molecule has 0 atom stereocenters. The molecule has 2 amide bonds. The predicted octanol–water partition coefficient (Wildman–Crippen LogP) is 4.47. The molecule has 7 nitrogen and oxygen atoms in total. The highest BCUT2D eigenvalue weighted by Crippen LogP contribution is 2.45. The number of aryl methyl sites for hydroxylation is 1.